The summed E-state index contributed by atoms with van der Waals surface area (Å²) in [6, 6.07) is 6.25. The van der Waals surface area contributed by atoms with Crippen molar-refractivity contribution in [3.05, 3.63) is 41.0 Å². The Labute approximate surface area is 132 Å². The molecule has 2 nitrogen and oxygen atoms in total. The van der Waals surface area contributed by atoms with Gasteiger partial charge in [0.05, 0.1) is 12.2 Å². The van der Waals surface area contributed by atoms with E-state index >= 15 is 0 Å². The number of hydrogen-bond donors (Lipinski definition) is 0. The molecule has 0 radical (unpaired) electrons. The van der Waals surface area contributed by atoms with Gasteiger partial charge in [-0.05, 0) is 74.5 Å². The second-order valence-corrected chi connectivity index (χ2v) is 7.49. The van der Waals surface area contributed by atoms with Gasteiger partial charge in [-0.15, -0.1) is 0 Å². The molecule has 5 rings (SSSR count). The fraction of sp³-hybridized carbons (Fsp3) is 0.550. The molecule has 0 unspecified atom stereocenters. The predicted octanol–water partition coefficient (Wildman–Crippen LogP) is 4.45. The number of ether oxygens (including phenoxy) is 1. The maximum absolute atomic E-state index is 12.6. The Kier molecular flexibility index (Phi) is 3.36. The van der Waals surface area contributed by atoms with E-state index in [0.717, 1.165) is 23.5 Å². The minimum Gasteiger partial charge on any atom is -0.461 e. The third-order valence-corrected chi connectivity index (χ3v) is 6.13. The summed E-state index contributed by atoms with van der Waals surface area (Å²) in [4.78, 5) is 12.6. The molecule has 1 aromatic rings. The second-order valence-electron chi connectivity index (χ2n) is 7.49. The summed E-state index contributed by atoms with van der Waals surface area (Å²) in [5.74, 6) is 0.833. The van der Waals surface area contributed by atoms with Crippen LogP contribution < -0.4 is 0 Å². The van der Waals surface area contributed by atoms with Gasteiger partial charge in [-0.3, -0.25) is 0 Å². The van der Waals surface area contributed by atoms with E-state index in [2.05, 4.69) is 25.1 Å². The lowest BCUT2D eigenvalue weighted by molar-refractivity contribution is -0.142. The third kappa shape index (κ3) is 2.29. The number of allylic oxidation sites excluding steroid dienone is 1. The molecular weight excluding hydrogens is 272 g/mol. The van der Waals surface area contributed by atoms with Gasteiger partial charge in [0, 0.05) is 5.41 Å². The number of aryl methyl sites for hydroxylation is 1. The van der Waals surface area contributed by atoms with Gasteiger partial charge < -0.3 is 4.74 Å². The molecule has 3 fully saturated rings. The minimum absolute atomic E-state index is 0.116. The lowest BCUT2D eigenvalue weighted by atomic mass is 9.61. The minimum atomic E-state index is -0.116. The fourth-order valence-electron chi connectivity index (χ4n) is 4.64. The van der Waals surface area contributed by atoms with Crippen molar-refractivity contribution in [1.29, 1.82) is 0 Å². The zero-order chi connectivity index (χ0) is 15.2. The van der Waals surface area contributed by atoms with E-state index in [9.17, 15) is 4.79 Å². The average Bonchev–Trinajstić information content (AvgIpc) is 3.00. The van der Waals surface area contributed by atoms with Crippen LogP contribution in [-0.2, 0) is 16.0 Å². The number of carbonyl (C=O) groups is 1. The molecule has 0 heterocycles. The Balaban J connectivity index is 1.46. The molecule has 0 aromatic heterocycles. The number of rotatable bonds is 3. The highest BCUT2D eigenvalue weighted by molar-refractivity contribution is 6.18. The summed E-state index contributed by atoms with van der Waals surface area (Å²) in [6.45, 7) is 2.70. The smallest absolute Gasteiger partial charge is 0.338 e. The zero-order valence-corrected chi connectivity index (χ0v) is 13.4. The number of hydrogen-bond acceptors (Lipinski definition) is 2. The summed E-state index contributed by atoms with van der Waals surface area (Å²) in [5, 5.41) is 0. The van der Waals surface area contributed by atoms with Crippen LogP contribution in [0, 0.1) is 18.3 Å². The van der Waals surface area contributed by atoms with Gasteiger partial charge in [0.15, 0.2) is 0 Å². The standard InChI is InChI=1S/C20H24O2/c1-14-3-2-4-16-5-6-17(18(14)16)19(21)22-13-20-10-7-15(8-11-20)9-12-20/h2-4,6,15H,5,7-13H2,1H3. The maximum Gasteiger partial charge on any atom is 0.338 e. The molecule has 4 aliphatic carbocycles. The summed E-state index contributed by atoms with van der Waals surface area (Å²) in [6.07, 6.45) is 10.6. The van der Waals surface area contributed by atoms with Crippen LogP contribution in [0.2, 0.25) is 0 Å². The van der Waals surface area contributed by atoms with Gasteiger partial charge in [0.2, 0.25) is 0 Å². The van der Waals surface area contributed by atoms with Crippen molar-refractivity contribution >= 4 is 11.5 Å². The van der Waals surface area contributed by atoms with Crippen molar-refractivity contribution in [3.8, 4) is 0 Å². The Morgan fingerprint density at radius 1 is 1.23 bits per heavy atom. The highest BCUT2D eigenvalue weighted by atomic mass is 16.5. The molecule has 0 saturated heterocycles. The molecule has 1 aromatic carbocycles. The quantitative estimate of drug-likeness (QED) is 0.770. The number of benzene rings is 1. The lowest BCUT2D eigenvalue weighted by Gasteiger charge is -2.46. The van der Waals surface area contributed by atoms with Crippen molar-refractivity contribution < 1.29 is 9.53 Å². The first-order valence-electron chi connectivity index (χ1n) is 8.63. The summed E-state index contributed by atoms with van der Waals surface area (Å²) in [7, 11) is 0. The highest BCUT2D eigenvalue weighted by Gasteiger charge is 2.41. The van der Waals surface area contributed by atoms with Gasteiger partial charge in [0.1, 0.15) is 0 Å². The van der Waals surface area contributed by atoms with Gasteiger partial charge in [-0.2, -0.15) is 0 Å². The molecule has 4 aliphatic rings. The first kappa shape index (κ1) is 14.0. The molecular formula is C20H24O2. The van der Waals surface area contributed by atoms with Crippen LogP contribution in [0.5, 0.6) is 0 Å². The monoisotopic (exact) mass is 296 g/mol. The van der Waals surface area contributed by atoms with Gasteiger partial charge in [-0.1, -0.05) is 24.3 Å². The van der Waals surface area contributed by atoms with Gasteiger partial charge >= 0.3 is 5.97 Å². The number of fused-ring (bicyclic) bond motifs is 4. The molecule has 3 saturated carbocycles. The van der Waals surface area contributed by atoms with E-state index in [-0.39, 0.29) is 11.4 Å². The summed E-state index contributed by atoms with van der Waals surface area (Å²) in [5.41, 5.74) is 4.61. The first-order valence-corrected chi connectivity index (χ1v) is 8.63. The number of esters is 1. The lowest BCUT2D eigenvalue weighted by Crippen LogP contribution is -2.38. The molecule has 2 heteroatoms. The summed E-state index contributed by atoms with van der Waals surface area (Å²) >= 11 is 0. The van der Waals surface area contributed by atoms with Crippen LogP contribution in [0.3, 0.4) is 0 Å². The second kappa shape index (κ2) is 5.26. The Morgan fingerprint density at radius 3 is 2.68 bits per heavy atom. The molecule has 0 atom stereocenters. The van der Waals surface area contributed by atoms with Crippen LogP contribution in [0.15, 0.2) is 24.3 Å². The van der Waals surface area contributed by atoms with Crippen LogP contribution >= 0.6 is 0 Å². The Morgan fingerprint density at radius 2 is 1.95 bits per heavy atom. The largest absolute Gasteiger partial charge is 0.461 e. The van der Waals surface area contributed by atoms with E-state index in [4.69, 9.17) is 4.74 Å². The van der Waals surface area contributed by atoms with Crippen LogP contribution in [0.1, 0.15) is 55.2 Å². The highest BCUT2D eigenvalue weighted by Crippen LogP contribution is 2.50. The Hall–Kier alpha value is -1.57. The normalized spacial score (nSPS) is 29.1. The van der Waals surface area contributed by atoms with Crippen LogP contribution in [0.25, 0.3) is 5.57 Å². The zero-order valence-electron chi connectivity index (χ0n) is 13.4. The topological polar surface area (TPSA) is 26.3 Å². The SMILES string of the molecule is Cc1cccc2c1C(C(=O)OCC13CCC(CC1)CC3)=CC2. The van der Waals surface area contributed by atoms with E-state index in [1.165, 1.54) is 49.7 Å². The average molecular weight is 296 g/mol. The molecule has 116 valence electrons. The molecule has 0 amide bonds. The van der Waals surface area contributed by atoms with Crippen LogP contribution in [-0.4, -0.2) is 12.6 Å². The van der Waals surface area contributed by atoms with E-state index in [0.29, 0.717) is 6.61 Å². The van der Waals surface area contributed by atoms with Gasteiger partial charge in [0.25, 0.3) is 0 Å². The predicted molar refractivity (Wildman–Crippen MR) is 87.4 cm³/mol. The number of carbonyl (C=O) groups excluding carboxylic acids is 1. The van der Waals surface area contributed by atoms with E-state index in [1.807, 2.05) is 6.08 Å². The fourth-order valence-corrected chi connectivity index (χ4v) is 4.64. The molecule has 0 spiro atoms. The van der Waals surface area contributed by atoms with Crippen molar-refractivity contribution in [2.45, 2.75) is 51.9 Å². The van der Waals surface area contributed by atoms with Crippen molar-refractivity contribution in [3.63, 3.8) is 0 Å². The Bertz CT molecular complexity index is 619. The van der Waals surface area contributed by atoms with Crippen LogP contribution in [0.4, 0.5) is 0 Å². The van der Waals surface area contributed by atoms with E-state index in [1.54, 1.807) is 0 Å². The van der Waals surface area contributed by atoms with Gasteiger partial charge in [-0.25, -0.2) is 4.79 Å². The summed E-state index contributed by atoms with van der Waals surface area (Å²) < 4.78 is 5.79. The molecule has 0 N–H and O–H groups in total. The van der Waals surface area contributed by atoms with Crippen molar-refractivity contribution in [2.75, 3.05) is 6.61 Å². The van der Waals surface area contributed by atoms with Crippen molar-refractivity contribution in [2.24, 2.45) is 11.3 Å². The first-order chi connectivity index (χ1) is 10.7. The molecule has 22 heavy (non-hydrogen) atoms. The maximum atomic E-state index is 12.6. The van der Waals surface area contributed by atoms with E-state index < -0.39 is 0 Å². The van der Waals surface area contributed by atoms with Crippen molar-refractivity contribution in [1.82, 2.24) is 0 Å². The third-order valence-electron chi connectivity index (χ3n) is 6.13. The molecule has 2 bridgehead atoms. The molecule has 0 aliphatic heterocycles.